The molecule has 0 saturated carbocycles. The number of aryl methyl sites for hydroxylation is 1. The predicted octanol–water partition coefficient (Wildman–Crippen LogP) is 2.96. The number of anilines is 1. The van der Waals surface area contributed by atoms with Crippen LogP contribution >= 0.6 is 11.3 Å². The molecule has 0 aliphatic rings. The molecule has 0 bridgehead atoms. The zero-order valence-corrected chi connectivity index (χ0v) is 10.2. The molecule has 1 aromatic carbocycles. The Bertz CT molecular complexity index is 494. The number of benzene rings is 1. The summed E-state index contributed by atoms with van der Waals surface area (Å²) in [4.78, 5) is 4.52. The third kappa shape index (κ3) is 1.88. The molecular formula is C12H14N2OS. The smallest absolute Gasteiger partial charge is 0.129 e. The molecule has 84 valence electrons. The molecule has 1 aromatic heterocycles. The molecule has 0 fully saturated rings. The molecular weight excluding hydrogens is 220 g/mol. The summed E-state index contributed by atoms with van der Waals surface area (Å²) in [7, 11) is 1.66. The molecule has 0 unspecified atom stereocenters. The van der Waals surface area contributed by atoms with E-state index >= 15 is 0 Å². The first-order chi connectivity index (χ1) is 7.76. The van der Waals surface area contributed by atoms with Crippen molar-refractivity contribution < 1.29 is 4.74 Å². The first-order valence-corrected chi connectivity index (χ1v) is 5.96. The fraction of sp³-hybridized carbons (Fsp3) is 0.250. The van der Waals surface area contributed by atoms with Gasteiger partial charge in [0.1, 0.15) is 15.8 Å². The molecule has 16 heavy (non-hydrogen) atoms. The summed E-state index contributed by atoms with van der Waals surface area (Å²) in [5, 5.41) is 1.72. The molecule has 2 aromatic rings. The maximum Gasteiger partial charge on any atom is 0.129 e. The van der Waals surface area contributed by atoms with Gasteiger partial charge < -0.3 is 10.5 Å². The Morgan fingerprint density at radius 2 is 2.12 bits per heavy atom. The van der Waals surface area contributed by atoms with Crippen molar-refractivity contribution in [3.05, 3.63) is 30.0 Å². The van der Waals surface area contributed by atoms with Crippen molar-refractivity contribution in [1.82, 2.24) is 4.98 Å². The lowest BCUT2D eigenvalue weighted by Gasteiger charge is -2.04. The molecule has 4 heteroatoms. The molecule has 0 amide bonds. The van der Waals surface area contributed by atoms with Gasteiger partial charge in [-0.05, 0) is 18.6 Å². The third-order valence-corrected chi connectivity index (χ3v) is 3.36. The van der Waals surface area contributed by atoms with Crippen LogP contribution < -0.4 is 10.5 Å². The highest BCUT2D eigenvalue weighted by Crippen LogP contribution is 2.35. The van der Waals surface area contributed by atoms with Crippen LogP contribution in [0.2, 0.25) is 0 Å². The molecule has 3 nitrogen and oxygen atoms in total. The number of hydrogen-bond acceptors (Lipinski definition) is 4. The van der Waals surface area contributed by atoms with Crippen molar-refractivity contribution in [2.45, 2.75) is 13.3 Å². The zero-order chi connectivity index (χ0) is 11.5. The minimum absolute atomic E-state index is 0.795. The highest BCUT2D eigenvalue weighted by atomic mass is 32.1. The lowest BCUT2D eigenvalue weighted by Crippen LogP contribution is -1.88. The monoisotopic (exact) mass is 234 g/mol. The van der Waals surface area contributed by atoms with Crippen LogP contribution in [0.25, 0.3) is 10.6 Å². The number of nitrogens with zero attached hydrogens (tertiary/aromatic N) is 1. The van der Waals surface area contributed by atoms with E-state index in [-0.39, 0.29) is 0 Å². The molecule has 2 N–H and O–H groups in total. The standard InChI is InChI=1S/C12H14N2OS/c1-3-9-11(13)16-12(14-9)8-6-4-5-7-10(8)15-2/h4-7H,3,13H2,1-2H3. The van der Waals surface area contributed by atoms with E-state index in [1.165, 1.54) is 11.3 Å². The number of thiazole rings is 1. The van der Waals surface area contributed by atoms with Gasteiger partial charge in [0.2, 0.25) is 0 Å². The molecule has 2 rings (SSSR count). The Balaban J connectivity index is 2.49. The number of ether oxygens (including phenoxy) is 1. The Kier molecular flexibility index (Phi) is 3.10. The van der Waals surface area contributed by atoms with Crippen molar-refractivity contribution >= 4 is 16.3 Å². The third-order valence-electron chi connectivity index (χ3n) is 2.40. The Labute approximate surface area is 98.9 Å². The van der Waals surface area contributed by atoms with Gasteiger partial charge in [-0.3, -0.25) is 0 Å². The Morgan fingerprint density at radius 1 is 1.38 bits per heavy atom. The van der Waals surface area contributed by atoms with Crippen LogP contribution in [0, 0.1) is 0 Å². The fourth-order valence-electron chi connectivity index (χ4n) is 1.55. The van der Waals surface area contributed by atoms with Crippen LogP contribution in [0.15, 0.2) is 24.3 Å². The van der Waals surface area contributed by atoms with Gasteiger partial charge in [0.05, 0.1) is 18.4 Å². The fourth-order valence-corrected chi connectivity index (χ4v) is 2.50. The van der Waals surface area contributed by atoms with Crippen molar-refractivity contribution in [2.24, 2.45) is 0 Å². The number of methoxy groups -OCH3 is 1. The lowest BCUT2D eigenvalue weighted by atomic mass is 10.2. The Hall–Kier alpha value is -1.55. The maximum absolute atomic E-state index is 5.90. The van der Waals surface area contributed by atoms with Crippen LogP contribution in [0.4, 0.5) is 5.00 Å². The first kappa shape index (κ1) is 11.0. The lowest BCUT2D eigenvalue weighted by molar-refractivity contribution is 0.416. The Morgan fingerprint density at radius 3 is 2.75 bits per heavy atom. The quantitative estimate of drug-likeness (QED) is 0.888. The summed E-state index contributed by atoms with van der Waals surface area (Å²) >= 11 is 1.51. The summed E-state index contributed by atoms with van der Waals surface area (Å²) < 4.78 is 5.31. The molecule has 0 aliphatic heterocycles. The van der Waals surface area contributed by atoms with Crippen LogP contribution in [-0.2, 0) is 6.42 Å². The van der Waals surface area contributed by atoms with E-state index in [2.05, 4.69) is 11.9 Å². The van der Waals surface area contributed by atoms with Crippen LogP contribution in [0.3, 0.4) is 0 Å². The zero-order valence-electron chi connectivity index (χ0n) is 9.36. The second-order valence-corrected chi connectivity index (χ2v) is 4.41. The molecule has 1 heterocycles. The number of nitrogen functional groups attached to an aromatic ring is 1. The van der Waals surface area contributed by atoms with E-state index in [1.54, 1.807) is 7.11 Å². The van der Waals surface area contributed by atoms with E-state index in [1.807, 2.05) is 24.3 Å². The van der Waals surface area contributed by atoms with Gasteiger partial charge in [-0.25, -0.2) is 4.98 Å². The van der Waals surface area contributed by atoms with Gasteiger partial charge in [-0.2, -0.15) is 0 Å². The van der Waals surface area contributed by atoms with Crippen molar-refractivity contribution in [3.63, 3.8) is 0 Å². The number of hydrogen-bond donors (Lipinski definition) is 1. The van der Waals surface area contributed by atoms with Gasteiger partial charge in [0, 0.05) is 0 Å². The summed E-state index contributed by atoms with van der Waals surface area (Å²) in [6.07, 6.45) is 0.859. The number of aromatic nitrogens is 1. The molecule has 0 aliphatic carbocycles. The molecule has 0 spiro atoms. The SMILES string of the molecule is CCc1nc(-c2ccccc2OC)sc1N. The van der Waals surface area contributed by atoms with Gasteiger partial charge in [-0.1, -0.05) is 30.4 Å². The van der Waals surface area contributed by atoms with Gasteiger partial charge >= 0.3 is 0 Å². The van der Waals surface area contributed by atoms with Gasteiger partial charge in [-0.15, -0.1) is 0 Å². The summed E-state index contributed by atoms with van der Waals surface area (Å²) in [5.74, 6) is 0.832. The molecule has 0 atom stereocenters. The number of rotatable bonds is 3. The van der Waals surface area contributed by atoms with E-state index in [9.17, 15) is 0 Å². The second kappa shape index (κ2) is 4.53. The van der Waals surface area contributed by atoms with Crippen LogP contribution in [0.5, 0.6) is 5.75 Å². The summed E-state index contributed by atoms with van der Waals surface area (Å²) in [6, 6.07) is 7.84. The normalized spacial score (nSPS) is 10.4. The average molecular weight is 234 g/mol. The summed E-state index contributed by atoms with van der Waals surface area (Å²) in [5.41, 5.74) is 7.86. The van der Waals surface area contributed by atoms with Crippen molar-refractivity contribution in [3.8, 4) is 16.3 Å². The van der Waals surface area contributed by atoms with Crippen LogP contribution in [-0.4, -0.2) is 12.1 Å². The highest BCUT2D eigenvalue weighted by Gasteiger charge is 2.12. The first-order valence-electron chi connectivity index (χ1n) is 5.14. The topological polar surface area (TPSA) is 48.1 Å². The molecule has 0 radical (unpaired) electrons. The molecule has 0 saturated heterocycles. The van der Waals surface area contributed by atoms with E-state index in [0.29, 0.717) is 0 Å². The minimum Gasteiger partial charge on any atom is -0.496 e. The van der Waals surface area contributed by atoms with Gasteiger partial charge in [0.25, 0.3) is 0 Å². The second-order valence-electron chi connectivity index (χ2n) is 3.38. The largest absolute Gasteiger partial charge is 0.496 e. The van der Waals surface area contributed by atoms with E-state index in [0.717, 1.165) is 33.4 Å². The average Bonchev–Trinajstić information content (AvgIpc) is 2.70. The van der Waals surface area contributed by atoms with Crippen molar-refractivity contribution in [2.75, 3.05) is 12.8 Å². The van der Waals surface area contributed by atoms with E-state index < -0.39 is 0 Å². The highest BCUT2D eigenvalue weighted by molar-refractivity contribution is 7.19. The van der Waals surface area contributed by atoms with Gasteiger partial charge in [0.15, 0.2) is 0 Å². The van der Waals surface area contributed by atoms with Crippen LogP contribution in [0.1, 0.15) is 12.6 Å². The van der Waals surface area contributed by atoms with E-state index in [4.69, 9.17) is 10.5 Å². The predicted molar refractivity (Wildman–Crippen MR) is 67.9 cm³/mol. The number of para-hydroxylation sites is 1. The summed E-state index contributed by atoms with van der Waals surface area (Å²) in [6.45, 7) is 2.05. The number of nitrogens with two attached hydrogens (primary N) is 1. The maximum atomic E-state index is 5.90. The van der Waals surface area contributed by atoms with Crippen molar-refractivity contribution in [1.29, 1.82) is 0 Å². The minimum atomic E-state index is 0.795.